The molecule has 0 heterocycles. The van der Waals surface area contributed by atoms with Gasteiger partial charge in [0.1, 0.15) is 10.6 Å². The summed E-state index contributed by atoms with van der Waals surface area (Å²) >= 11 is 0. The molecule has 0 atom stereocenters. The smallest absolute Gasteiger partial charge is 0.337 e. The molecule has 3 aromatic carbocycles. The highest BCUT2D eigenvalue weighted by Gasteiger charge is 2.23. The zero-order valence-corrected chi connectivity index (χ0v) is 17.6. The molecule has 0 bridgehead atoms. The number of aromatic hydroxyl groups is 1. The van der Waals surface area contributed by atoms with Crippen LogP contribution in [0.3, 0.4) is 0 Å². The summed E-state index contributed by atoms with van der Waals surface area (Å²) in [6, 6.07) is 10.2. The largest absolute Gasteiger partial charge is 0.506 e. The van der Waals surface area contributed by atoms with Crippen LogP contribution in [0, 0.1) is 0 Å². The Balaban J connectivity index is 2.12. The molecule has 3 aromatic rings. The SMILES string of the molecule is COC(=O)c1cc(NC(=O)c2cc(S(=O)(=O)O)c3ccccc3c2O)cc(C(=O)OC)c1. The second kappa shape index (κ2) is 8.65. The van der Waals surface area contributed by atoms with Crippen LogP contribution in [0.2, 0.25) is 0 Å². The second-order valence-electron chi connectivity index (χ2n) is 6.53. The zero-order chi connectivity index (χ0) is 23.6. The van der Waals surface area contributed by atoms with Gasteiger partial charge in [0.05, 0.1) is 30.9 Å². The predicted molar refractivity (Wildman–Crippen MR) is 113 cm³/mol. The highest BCUT2D eigenvalue weighted by atomic mass is 32.2. The predicted octanol–water partition coefficient (Wildman–Crippen LogP) is 2.62. The number of fused-ring (bicyclic) bond motifs is 1. The quantitative estimate of drug-likeness (QED) is 0.385. The van der Waals surface area contributed by atoms with Crippen LogP contribution in [0.1, 0.15) is 31.1 Å². The summed E-state index contributed by atoms with van der Waals surface area (Å²) in [5, 5.41) is 13.0. The van der Waals surface area contributed by atoms with Crippen LogP contribution in [-0.2, 0) is 19.6 Å². The van der Waals surface area contributed by atoms with Crippen molar-refractivity contribution in [2.24, 2.45) is 0 Å². The molecule has 0 spiro atoms. The molecular weight excluding hydrogens is 442 g/mol. The van der Waals surface area contributed by atoms with Crippen molar-refractivity contribution in [3.8, 4) is 5.75 Å². The fraction of sp³-hybridized carbons (Fsp3) is 0.0952. The maximum atomic E-state index is 12.9. The number of hydrogen-bond acceptors (Lipinski definition) is 8. The Labute approximate surface area is 182 Å². The maximum Gasteiger partial charge on any atom is 0.337 e. The van der Waals surface area contributed by atoms with Crippen molar-refractivity contribution in [2.75, 3.05) is 19.5 Å². The molecule has 32 heavy (non-hydrogen) atoms. The topological polar surface area (TPSA) is 156 Å². The molecule has 0 radical (unpaired) electrons. The first kappa shape index (κ1) is 22.7. The van der Waals surface area contributed by atoms with Gasteiger partial charge in [-0.15, -0.1) is 0 Å². The minimum atomic E-state index is -4.73. The summed E-state index contributed by atoms with van der Waals surface area (Å²) in [6.07, 6.45) is 0. The number of phenolic OH excluding ortho intramolecular Hbond substituents is 1. The molecule has 166 valence electrons. The van der Waals surface area contributed by atoms with E-state index in [1.54, 1.807) is 0 Å². The van der Waals surface area contributed by atoms with E-state index in [-0.39, 0.29) is 27.6 Å². The molecule has 3 N–H and O–H groups in total. The number of phenols is 1. The van der Waals surface area contributed by atoms with E-state index in [2.05, 4.69) is 14.8 Å². The van der Waals surface area contributed by atoms with E-state index in [1.165, 1.54) is 42.5 Å². The van der Waals surface area contributed by atoms with Gasteiger partial charge in [-0.1, -0.05) is 24.3 Å². The number of methoxy groups -OCH3 is 2. The second-order valence-corrected chi connectivity index (χ2v) is 7.92. The third-order valence-electron chi connectivity index (χ3n) is 4.53. The van der Waals surface area contributed by atoms with E-state index >= 15 is 0 Å². The van der Waals surface area contributed by atoms with Gasteiger partial charge in [0.2, 0.25) is 0 Å². The summed E-state index contributed by atoms with van der Waals surface area (Å²) in [5.41, 5.74) is -0.613. The lowest BCUT2D eigenvalue weighted by Gasteiger charge is -2.13. The van der Waals surface area contributed by atoms with E-state index in [0.29, 0.717) is 0 Å². The normalized spacial score (nSPS) is 11.1. The summed E-state index contributed by atoms with van der Waals surface area (Å²) < 4.78 is 42.5. The lowest BCUT2D eigenvalue weighted by molar-refractivity contribution is 0.0598. The number of carbonyl (C=O) groups is 3. The van der Waals surface area contributed by atoms with Gasteiger partial charge in [-0.3, -0.25) is 9.35 Å². The zero-order valence-electron chi connectivity index (χ0n) is 16.8. The first-order chi connectivity index (χ1) is 15.1. The number of anilines is 1. The molecule has 0 saturated carbocycles. The van der Waals surface area contributed by atoms with Crippen LogP contribution in [0.4, 0.5) is 5.69 Å². The third-order valence-corrected chi connectivity index (χ3v) is 5.43. The first-order valence-electron chi connectivity index (χ1n) is 8.92. The Morgan fingerprint density at radius 3 is 1.91 bits per heavy atom. The Kier molecular flexibility index (Phi) is 6.14. The maximum absolute atomic E-state index is 12.9. The van der Waals surface area contributed by atoms with Crippen LogP contribution in [0.15, 0.2) is 53.4 Å². The molecule has 0 fully saturated rings. The molecule has 10 nitrogen and oxygen atoms in total. The monoisotopic (exact) mass is 459 g/mol. The standard InChI is InChI=1S/C21H17NO9S/c1-30-20(25)11-7-12(21(26)31-2)9-13(8-11)22-19(24)16-10-17(32(27,28)29)14-5-3-4-6-15(14)18(16)23/h3-10,23H,1-2H3,(H,22,24)(H,27,28,29). The lowest BCUT2D eigenvalue weighted by Crippen LogP contribution is -2.15. The molecule has 0 saturated heterocycles. The fourth-order valence-corrected chi connectivity index (χ4v) is 3.81. The highest BCUT2D eigenvalue weighted by molar-refractivity contribution is 7.86. The minimum absolute atomic E-state index is 0.0183. The summed E-state index contributed by atoms with van der Waals surface area (Å²) in [5.74, 6) is -3.05. The fourth-order valence-electron chi connectivity index (χ4n) is 3.08. The van der Waals surface area contributed by atoms with Crippen molar-refractivity contribution in [1.82, 2.24) is 0 Å². The van der Waals surface area contributed by atoms with Crippen molar-refractivity contribution in [3.05, 3.63) is 65.2 Å². The van der Waals surface area contributed by atoms with Gasteiger partial charge in [0, 0.05) is 16.5 Å². The van der Waals surface area contributed by atoms with Gasteiger partial charge in [-0.2, -0.15) is 8.42 Å². The van der Waals surface area contributed by atoms with E-state index in [4.69, 9.17) is 0 Å². The van der Waals surface area contributed by atoms with Crippen molar-refractivity contribution in [2.45, 2.75) is 4.90 Å². The Bertz CT molecular complexity index is 1330. The highest BCUT2D eigenvalue weighted by Crippen LogP contribution is 2.34. The third kappa shape index (κ3) is 4.38. The number of amides is 1. The summed E-state index contributed by atoms with van der Waals surface area (Å²) in [4.78, 5) is 36.1. The van der Waals surface area contributed by atoms with Crippen molar-refractivity contribution in [1.29, 1.82) is 0 Å². The van der Waals surface area contributed by atoms with Gasteiger partial charge < -0.3 is 19.9 Å². The molecule has 11 heteroatoms. The van der Waals surface area contributed by atoms with Gasteiger partial charge in [-0.25, -0.2) is 9.59 Å². The summed E-state index contributed by atoms with van der Waals surface area (Å²) in [7, 11) is -2.46. The molecule has 0 unspecified atom stereocenters. The molecule has 0 aliphatic carbocycles. The number of ether oxygens (including phenoxy) is 2. The number of carbonyl (C=O) groups excluding carboxylic acids is 3. The van der Waals surface area contributed by atoms with Crippen molar-refractivity contribution >= 4 is 44.4 Å². The number of benzene rings is 3. The average molecular weight is 459 g/mol. The van der Waals surface area contributed by atoms with E-state index in [9.17, 15) is 32.5 Å². The molecular formula is C21H17NO9S. The van der Waals surface area contributed by atoms with Gasteiger partial charge in [0.25, 0.3) is 16.0 Å². The minimum Gasteiger partial charge on any atom is -0.506 e. The molecule has 3 rings (SSSR count). The first-order valence-corrected chi connectivity index (χ1v) is 10.4. The van der Waals surface area contributed by atoms with E-state index in [0.717, 1.165) is 20.3 Å². The van der Waals surface area contributed by atoms with Gasteiger partial charge in [0.15, 0.2) is 0 Å². The molecule has 0 aliphatic heterocycles. The van der Waals surface area contributed by atoms with Crippen molar-refractivity contribution in [3.63, 3.8) is 0 Å². The molecule has 0 aliphatic rings. The lowest BCUT2D eigenvalue weighted by atomic mass is 10.0. The van der Waals surface area contributed by atoms with E-state index in [1.807, 2.05) is 0 Å². The molecule has 1 amide bonds. The number of esters is 2. The van der Waals surface area contributed by atoms with Crippen LogP contribution < -0.4 is 5.32 Å². The Morgan fingerprint density at radius 1 is 0.875 bits per heavy atom. The van der Waals surface area contributed by atoms with Gasteiger partial charge >= 0.3 is 11.9 Å². The number of nitrogens with one attached hydrogen (secondary N) is 1. The van der Waals surface area contributed by atoms with Crippen LogP contribution >= 0.6 is 0 Å². The van der Waals surface area contributed by atoms with Crippen LogP contribution in [0.5, 0.6) is 5.75 Å². The van der Waals surface area contributed by atoms with Crippen LogP contribution in [-0.4, -0.2) is 50.1 Å². The summed E-state index contributed by atoms with van der Waals surface area (Å²) in [6.45, 7) is 0. The van der Waals surface area contributed by atoms with Crippen molar-refractivity contribution < 1.29 is 41.9 Å². The Morgan fingerprint density at radius 2 is 1.41 bits per heavy atom. The van der Waals surface area contributed by atoms with Gasteiger partial charge in [-0.05, 0) is 24.3 Å². The molecule has 0 aromatic heterocycles. The number of rotatable bonds is 5. The van der Waals surface area contributed by atoms with Crippen LogP contribution in [0.25, 0.3) is 10.8 Å². The Hall–Kier alpha value is -3.96. The average Bonchev–Trinajstić information content (AvgIpc) is 2.77. The van der Waals surface area contributed by atoms with E-state index < -0.39 is 44.2 Å². The number of hydrogen-bond donors (Lipinski definition) is 3.